The predicted molar refractivity (Wildman–Crippen MR) is 76.1 cm³/mol. The number of benzene rings is 1. The first-order valence-corrected chi connectivity index (χ1v) is 6.19. The number of nitrogens with zero attached hydrogens (tertiary/aromatic N) is 3. The lowest BCUT2D eigenvalue weighted by Crippen LogP contribution is -2.23. The molecule has 0 aliphatic rings. The zero-order valence-electron chi connectivity index (χ0n) is 10.6. The first kappa shape index (κ1) is 12.8. The third-order valence-corrected chi connectivity index (χ3v) is 3.07. The van der Waals surface area contributed by atoms with E-state index in [9.17, 15) is 0 Å². The molecule has 0 bridgehead atoms. The molecule has 0 aliphatic heterocycles. The third-order valence-electron chi connectivity index (χ3n) is 2.83. The fourth-order valence-corrected chi connectivity index (χ4v) is 1.98. The van der Waals surface area contributed by atoms with Gasteiger partial charge in [0, 0.05) is 24.8 Å². The van der Waals surface area contributed by atoms with Gasteiger partial charge < -0.3 is 10.6 Å². The van der Waals surface area contributed by atoms with Gasteiger partial charge in [-0.15, -0.1) is 0 Å². The maximum Gasteiger partial charge on any atom is 0.0612 e. The van der Waals surface area contributed by atoms with Crippen LogP contribution in [0.15, 0.2) is 30.6 Å². The van der Waals surface area contributed by atoms with Gasteiger partial charge in [-0.2, -0.15) is 5.10 Å². The van der Waals surface area contributed by atoms with Gasteiger partial charge in [-0.05, 0) is 30.7 Å². The number of halogens is 1. The van der Waals surface area contributed by atoms with E-state index in [4.69, 9.17) is 17.3 Å². The topological polar surface area (TPSA) is 47.1 Å². The second-order valence-electron chi connectivity index (χ2n) is 4.41. The molecule has 0 unspecified atom stereocenters. The van der Waals surface area contributed by atoms with Crippen LogP contribution in [-0.4, -0.2) is 23.4 Å². The van der Waals surface area contributed by atoms with Gasteiger partial charge in [-0.1, -0.05) is 11.6 Å². The highest BCUT2D eigenvalue weighted by Crippen LogP contribution is 2.25. The Morgan fingerprint density at radius 2 is 2.22 bits per heavy atom. The second kappa shape index (κ2) is 5.31. The Hall–Kier alpha value is -1.68. The van der Waals surface area contributed by atoms with E-state index in [1.165, 1.54) is 5.56 Å². The summed E-state index contributed by atoms with van der Waals surface area (Å²) in [6.45, 7) is 3.67. The van der Waals surface area contributed by atoms with Crippen LogP contribution < -0.4 is 10.6 Å². The van der Waals surface area contributed by atoms with Gasteiger partial charge in [0.05, 0.1) is 24.1 Å². The van der Waals surface area contributed by atoms with Gasteiger partial charge in [0.1, 0.15) is 0 Å². The summed E-state index contributed by atoms with van der Waals surface area (Å²) in [6, 6.07) is 5.50. The lowest BCUT2D eigenvalue weighted by molar-refractivity contribution is 0.611. The van der Waals surface area contributed by atoms with Crippen molar-refractivity contribution in [1.29, 1.82) is 0 Å². The Morgan fingerprint density at radius 3 is 2.89 bits per heavy atom. The van der Waals surface area contributed by atoms with E-state index < -0.39 is 0 Å². The van der Waals surface area contributed by atoms with E-state index >= 15 is 0 Å². The summed E-state index contributed by atoms with van der Waals surface area (Å²) in [4.78, 5) is 2.08. The summed E-state index contributed by atoms with van der Waals surface area (Å²) in [5, 5.41) is 4.95. The summed E-state index contributed by atoms with van der Waals surface area (Å²) >= 11 is 5.98. The molecule has 5 heteroatoms. The van der Waals surface area contributed by atoms with Crippen molar-refractivity contribution in [3.8, 4) is 0 Å². The van der Waals surface area contributed by atoms with Gasteiger partial charge in [-0.3, -0.25) is 4.68 Å². The van der Waals surface area contributed by atoms with E-state index in [-0.39, 0.29) is 0 Å². The van der Waals surface area contributed by atoms with Crippen LogP contribution in [0.3, 0.4) is 0 Å². The maximum atomic E-state index is 5.98. The van der Waals surface area contributed by atoms with Gasteiger partial charge in [0.25, 0.3) is 0 Å². The number of likely N-dealkylation sites (N-methyl/N-ethyl adjacent to an activating group) is 1. The Morgan fingerprint density at radius 1 is 1.44 bits per heavy atom. The van der Waals surface area contributed by atoms with Gasteiger partial charge in [0.2, 0.25) is 0 Å². The van der Waals surface area contributed by atoms with Crippen LogP contribution in [0.25, 0.3) is 0 Å². The van der Waals surface area contributed by atoms with Gasteiger partial charge in [0.15, 0.2) is 0 Å². The summed E-state index contributed by atoms with van der Waals surface area (Å²) in [7, 11) is 2.00. The minimum absolute atomic E-state index is 0.695. The van der Waals surface area contributed by atoms with Crippen molar-refractivity contribution < 1.29 is 0 Å². The van der Waals surface area contributed by atoms with E-state index in [1.54, 1.807) is 6.07 Å². The molecule has 1 heterocycles. The predicted octanol–water partition coefficient (Wildman–Crippen LogP) is 2.56. The van der Waals surface area contributed by atoms with Crippen molar-refractivity contribution in [2.45, 2.75) is 13.5 Å². The van der Waals surface area contributed by atoms with Crippen LogP contribution in [0.2, 0.25) is 5.02 Å². The number of rotatable bonds is 4. The quantitative estimate of drug-likeness (QED) is 0.864. The highest BCUT2D eigenvalue weighted by atomic mass is 35.5. The molecule has 2 rings (SSSR count). The molecule has 96 valence electrons. The van der Waals surface area contributed by atoms with Gasteiger partial charge in [-0.25, -0.2) is 0 Å². The van der Waals surface area contributed by atoms with E-state index in [2.05, 4.69) is 10.00 Å². The number of aryl methyl sites for hydroxylation is 1. The molecule has 0 spiro atoms. The zero-order valence-corrected chi connectivity index (χ0v) is 11.4. The average molecular weight is 265 g/mol. The first-order valence-electron chi connectivity index (χ1n) is 5.81. The molecule has 0 atom stereocenters. The molecule has 0 aliphatic carbocycles. The molecule has 2 aromatic rings. The fraction of sp³-hybridized carbons (Fsp3) is 0.308. The molecule has 0 saturated heterocycles. The summed E-state index contributed by atoms with van der Waals surface area (Å²) < 4.78 is 1.92. The molecule has 0 radical (unpaired) electrons. The van der Waals surface area contributed by atoms with Crippen molar-refractivity contribution in [2.75, 3.05) is 24.2 Å². The molecular weight excluding hydrogens is 248 g/mol. The molecule has 0 amide bonds. The Bertz CT molecular complexity index is 536. The lowest BCUT2D eigenvalue weighted by Gasteiger charge is -2.21. The minimum Gasteiger partial charge on any atom is -0.397 e. The normalized spacial score (nSPS) is 10.6. The van der Waals surface area contributed by atoms with Crippen LogP contribution in [-0.2, 0) is 6.54 Å². The smallest absolute Gasteiger partial charge is 0.0612 e. The number of hydrogen-bond acceptors (Lipinski definition) is 3. The number of hydrogen-bond donors (Lipinski definition) is 1. The van der Waals surface area contributed by atoms with Crippen LogP contribution >= 0.6 is 11.6 Å². The van der Waals surface area contributed by atoms with Crippen LogP contribution in [0.1, 0.15) is 5.56 Å². The minimum atomic E-state index is 0.695. The number of nitrogens with two attached hydrogens (primary N) is 1. The largest absolute Gasteiger partial charge is 0.397 e. The first-order chi connectivity index (χ1) is 8.56. The van der Waals surface area contributed by atoms with Crippen molar-refractivity contribution >= 4 is 23.0 Å². The van der Waals surface area contributed by atoms with Crippen molar-refractivity contribution in [3.63, 3.8) is 0 Å². The van der Waals surface area contributed by atoms with Crippen molar-refractivity contribution in [3.05, 3.63) is 41.2 Å². The highest BCUT2D eigenvalue weighted by Gasteiger charge is 2.06. The SMILES string of the molecule is Cc1cnn(CCN(C)c2cc(Cl)ccc2N)c1. The summed E-state index contributed by atoms with van der Waals surface area (Å²) in [5.41, 5.74) is 8.79. The lowest BCUT2D eigenvalue weighted by atomic mass is 10.2. The summed E-state index contributed by atoms with van der Waals surface area (Å²) in [5.74, 6) is 0. The third kappa shape index (κ3) is 2.96. The Labute approximate surface area is 112 Å². The van der Waals surface area contributed by atoms with E-state index in [0.717, 1.165) is 24.5 Å². The zero-order chi connectivity index (χ0) is 13.1. The van der Waals surface area contributed by atoms with Crippen LogP contribution in [0.5, 0.6) is 0 Å². The van der Waals surface area contributed by atoms with E-state index in [1.807, 2.05) is 43.2 Å². The molecule has 0 fully saturated rings. The fourth-order valence-electron chi connectivity index (χ4n) is 1.81. The van der Waals surface area contributed by atoms with E-state index in [0.29, 0.717) is 5.02 Å². The monoisotopic (exact) mass is 264 g/mol. The molecule has 1 aromatic heterocycles. The summed E-state index contributed by atoms with van der Waals surface area (Å²) in [6.07, 6.45) is 3.88. The molecule has 18 heavy (non-hydrogen) atoms. The molecule has 1 aromatic carbocycles. The van der Waals surface area contributed by atoms with Crippen LogP contribution in [0, 0.1) is 6.92 Å². The highest BCUT2D eigenvalue weighted by molar-refractivity contribution is 6.31. The van der Waals surface area contributed by atoms with Crippen molar-refractivity contribution in [1.82, 2.24) is 9.78 Å². The standard InChI is InChI=1S/C13H17ClN4/c1-10-8-16-18(9-10)6-5-17(2)13-7-11(14)3-4-12(13)15/h3-4,7-9H,5-6,15H2,1-2H3. The van der Waals surface area contributed by atoms with Crippen LogP contribution in [0.4, 0.5) is 11.4 Å². The van der Waals surface area contributed by atoms with Crippen molar-refractivity contribution in [2.24, 2.45) is 0 Å². The number of anilines is 2. The second-order valence-corrected chi connectivity index (χ2v) is 4.84. The number of nitrogen functional groups attached to an aromatic ring is 1. The average Bonchev–Trinajstić information content (AvgIpc) is 2.75. The molecular formula is C13H17ClN4. The number of aromatic nitrogens is 2. The molecule has 2 N–H and O–H groups in total. The maximum absolute atomic E-state index is 5.98. The Balaban J connectivity index is 2.03. The molecule has 0 saturated carbocycles. The van der Waals surface area contributed by atoms with Gasteiger partial charge >= 0.3 is 0 Å². The molecule has 4 nitrogen and oxygen atoms in total. The Kier molecular flexibility index (Phi) is 3.77.